The van der Waals surface area contributed by atoms with Gasteiger partial charge in [-0.25, -0.2) is 14.8 Å². The van der Waals surface area contributed by atoms with Crippen molar-refractivity contribution in [2.75, 3.05) is 20.2 Å². The number of hydrogen-bond donors (Lipinski definition) is 0. The second-order valence-corrected chi connectivity index (χ2v) is 9.27. The quantitative estimate of drug-likeness (QED) is 0.584. The third kappa shape index (κ3) is 6.10. The van der Waals surface area contributed by atoms with Crippen LogP contribution in [0.1, 0.15) is 52.5 Å². The molecular weight excluding hydrogens is 432 g/mol. The normalized spacial score (nSPS) is 15.8. The molecule has 10 heteroatoms. The molecule has 32 heavy (non-hydrogen) atoms. The summed E-state index contributed by atoms with van der Waals surface area (Å²) in [6, 6.07) is 2.20. The first-order chi connectivity index (χ1) is 15.2. The lowest BCUT2D eigenvalue weighted by Crippen LogP contribution is -2.42. The van der Waals surface area contributed by atoms with Gasteiger partial charge in [0.15, 0.2) is 5.75 Å². The highest BCUT2D eigenvalue weighted by Crippen LogP contribution is 2.32. The molecular formula is C22H29ClN6O3. The van der Waals surface area contributed by atoms with E-state index in [1.807, 2.05) is 31.6 Å². The van der Waals surface area contributed by atoms with E-state index in [1.165, 1.54) is 6.20 Å². The van der Waals surface area contributed by atoms with Crippen molar-refractivity contribution in [1.82, 2.24) is 24.6 Å². The highest BCUT2D eigenvalue weighted by Gasteiger charge is 2.29. The lowest BCUT2D eigenvalue weighted by Gasteiger charge is -2.34. The van der Waals surface area contributed by atoms with Crippen LogP contribution in [0.2, 0.25) is 5.28 Å². The van der Waals surface area contributed by atoms with Crippen LogP contribution in [0.5, 0.6) is 5.75 Å². The van der Waals surface area contributed by atoms with Gasteiger partial charge in [0, 0.05) is 24.8 Å². The molecule has 0 spiro atoms. The van der Waals surface area contributed by atoms with Gasteiger partial charge in [0.1, 0.15) is 11.3 Å². The standard InChI is InChI=1S/C22H29ClN6O3/c1-22(2,3)32-21(30)28-9-6-15(7-10-28)11-17(5-8-24)29-14-16(12-26-29)19-18(31-4)13-25-20(23)27-19/h12-15,17H,5-7,9-11H2,1-4H3. The summed E-state index contributed by atoms with van der Waals surface area (Å²) >= 11 is 5.96. The van der Waals surface area contributed by atoms with Gasteiger partial charge in [-0.1, -0.05) is 0 Å². The number of likely N-dealkylation sites (tertiary alicyclic amines) is 1. The Hall–Kier alpha value is -2.86. The molecule has 1 amide bonds. The van der Waals surface area contributed by atoms with E-state index in [9.17, 15) is 10.1 Å². The number of ether oxygens (including phenoxy) is 2. The third-order valence-electron chi connectivity index (χ3n) is 5.39. The first-order valence-electron chi connectivity index (χ1n) is 10.7. The van der Waals surface area contributed by atoms with E-state index in [-0.39, 0.29) is 17.4 Å². The van der Waals surface area contributed by atoms with Crippen LogP contribution in [0.25, 0.3) is 11.3 Å². The number of methoxy groups -OCH3 is 1. The lowest BCUT2D eigenvalue weighted by atomic mass is 9.89. The lowest BCUT2D eigenvalue weighted by molar-refractivity contribution is 0.0176. The molecule has 0 N–H and O–H groups in total. The molecule has 1 aliphatic heterocycles. The first-order valence-corrected chi connectivity index (χ1v) is 11.0. The number of amides is 1. The maximum absolute atomic E-state index is 12.3. The van der Waals surface area contributed by atoms with Crippen LogP contribution in [0, 0.1) is 17.2 Å². The number of halogens is 1. The molecule has 1 saturated heterocycles. The fourth-order valence-electron chi connectivity index (χ4n) is 3.82. The van der Waals surface area contributed by atoms with Gasteiger partial charge >= 0.3 is 6.09 Å². The number of hydrogen-bond acceptors (Lipinski definition) is 7. The summed E-state index contributed by atoms with van der Waals surface area (Å²) in [5.74, 6) is 0.892. The predicted molar refractivity (Wildman–Crippen MR) is 119 cm³/mol. The zero-order valence-electron chi connectivity index (χ0n) is 18.9. The highest BCUT2D eigenvalue weighted by molar-refractivity contribution is 6.28. The molecule has 0 bridgehead atoms. The number of nitrogens with zero attached hydrogens (tertiary/aromatic N) is 6. The van der Waals surface area contributed by atoms with Crippen LogP contribution in [0.15, 0.2) is 18.6 Å². The average molecular weight is 461 g/mol. The van der Waals surface area contributed by atoms with E-state index in [1.54, 1.807) is 18.2 Å². The minimum Gasteiger partial charge on any atom is -0.493 e. The Bertz CT molecular complexity index is 973. The summed E-state index contributed by atoms with van der Waals surface area (Å²) in [5, 5.41) is 14.0. The number of carbonyl (C=O) groups is 1. The summed E-state index contributed by atoms with van der Waals surface area (Å²) in [5.41, 5.74) is 0.800. The second-order valence-electron chi connectivity index (χ2n) is 8.93. The van der Waals surface area contributed by atoms with Crippen molar-refractivity contribution < 1.29 is 14.3 Å². The summed E-state index contributed by atoms with van der Waals surface area (Å²) in [7, 11) is 1.54. The van der Waals surface area contributed by atoms with Crippen molar-refractivity contribution in [1.29, 1.82) is 5.26 Å². The topological polar surface area (TPSA) is 106 Å². The molecule has 0 aliphatic carbocycles. The minimum atomic E-state index is -0.500. The predicted octanol–water partition coefficient (Wildman–Crippen LogP) is 4.49. The largest absolute Gasteiger partial charge is 0.493 e. The number of rotatable bonds is 6. The maximum Gasteiger partial charge on any atom is 0.410 e. The van der Waals surface area contributed by atoms with Gasteiger partial charge in [0.25, 0.3) is 0 Å². The third-order valence-corrected chi connectivity index (χ3v) is 5.58. The summed E-state index contributed by atoms with van der Waals surface area (Å²) in [4.78, 5) is 22.3. The molecule has 2 aromatic heterocycles. The zero-order valence-corrected chi connectivity index (χ0v) is 19.7. The van der Waals surface area contributed by atoms with Gasteiger partial charge in [-0.15, -0.1) is 0 Å². The van der Waals surface area contributed by atoms with Crippen LogP contribution in [-0.2, 0) is 4.74 Å². The Kier molecular flexibility index (Phi) is 7.56. The van der Waals surface area contributed by atoms with E-state index in [0.717, 1.165) is 24.8 Å². The smallest absolute Gasteiger partial charge is 0.410 e. The monoisotopic (exact) mass is 460 g/mol. The fraction of sp³-hybridized carbons (Fsp3) is 0.591. The van der Waals surface area contributed by atoms with Crippen LogP contribution in [0.4, 0.5) is 4.79 Å². The van der Waals surface area contributed by atoms with Crippen LogP contribution in [-0.4, -0.2) is 56.5 Å². The van der Waals surface area contributed by atoms with E-state index in [0.29, 0.717) is 36.9 Å². The Labute approximate surface area is 193 Å². The van der Waals surface area contributed by atoms with Crippen LogP contribution in [0.3, 0.4) is 0 Å². The number of piperidine rings is 1. The molecule has 0 saturated carbocycles. The summed E-state index contributed by atoms with van der Waals surface area (Å²) in [6.45, 7) is 6.91. The van der Waals surface area contributed by atoms with Crippen molar-refractivity contribution in [2.45, 2.75) is 58.1 Å². The Morgan fingerprint density at radius 2 is 2.06 bits per heavy atom. The molecule has 3 rings (SSSR count). The maximum atomic E-state index is 12.3. The van der Waals surface area contributed by atoms with Gasteiger partial charge in [-0.05, 0) is 57.6 Å². The fourth-order valence-corrected chi connectivity index (χ4v) is 3.95. The van der Waals surface area contributed by atoms with Crippen LogP contribution >= 0.6 is 11.6 Å². The van der Waals surface area contributed by atoms with E-state index in [2.05, 4.69) is 21.1 Å². The van der Waals surface area contributed by atoms with E-state index < -0.39 is 5.60 Å². The molecule has 2 aromatic rings. The van der Waals surface area contributed by atoms with Crippen molar-refractivity contribution in [3.05, 3.63) is 23.9 Å². The van der Waals surface area contributed by atoms with Gasteiger partial charge in [0.05, 0.1) is 38.0 Å². The second kappa shape index (κ2) is 10.2. The Morgan fingerprint density at radius 3 is 2.69 bits per heavy atom. The molecule has 172 valence electrons. The van der Waals surface area contributed by atoms with Gasteiger partial charge in [-0.3, -0.25) is 4.68 Å². The molecule has 3 heterocycles. The number of aromatic nitrogens is 4. The highest BCUT2D eigenvalue weighted by atomic mass is 35.5. The van der Waals surface area contributed by atoms with Crippen molar-refractivity contribution in [3.63, 3.8) is 0 Å². The molecule has 9 nitrogen and oxygen atoms in total. The van der Waals surface area contributed by atoms with Crippen molar-refractivity contribution >= 4 is 17.7 Å². The Balaban J connectivity index is 1.66. The van der Waals surface area contributed by atoms with Crippen molar-refractivity contribution in [3.8, 4) is 23.1 Å². The van der Waals surface area contributed by atoms with Gasteiger partial charge in [-0.2, -0.15) is 10.4 Å². The van der Waals surface area contributed by atoms with E-state index >= 15 is 0 Å². The van der Waals surface area contributed by atoms with Crippen LogP contribution < -0.4 is 4.74 Å². The van der Waals surface area contributed by atoms with Gasteiger partial charge in [0.2, 0.25) is 5.28 Å². The molecule has 1 atom stereocenters. The number of carbonyl (C=O) groups excluding carboxylic acids is 1. The first kappa shape index (κ1) is 23.8. The molecule has 1 unspecified atom stereocenters. The summed E-state index contributed by atoms with van der Waals surface area (Å²) in [6.07, 6.45) is 7.69. The molecule has 0 radical (unpaired) electrons. The summed E-state index contributed by atoms with van der Waals surface area (Å²) < 4.78 is 12.6. The Morgan fingerprint density at radius 1 is 1.34 bits per heavy atom. The molecule has 1 aliphatic rings. The molecule has 1 fully saturated rings. The SMILES string of the molecule is COc1cnc(Cl)nc1-c1cnn(C(CC#N)CC2CCN(C(=O)OC(C)(C)C)CC2)c1. The average Bonchev–Trinajstić information content (AvgIpc) is 3.23. The molecule has 0 aromatic carbocycles. The van der Waals surface area contributed by atoms with E-state index in [4.69, 9.17) is 21.1 Å². The van der Waals surface area contributed by atoms with Gasteiger partial charge < -0.3 is 14.4 Å². The minimum absolute atomic E-state index is 0.0740. The zero-order chi connectivity index (χ0) is 23.3. The van der Waals surface area contributed by atoms with Crippen molar-refractivity contribution in [2.24, 2.45) is 5.92 Å². The number of nitriles is 1.